The first-order valence-electron chi connectivity index (χ1n) is 4.29. The fraction of sp³-hybridized carbons (Fsp3) is 0.182. The molecule has 0 saturated heterocycles. The molecule has 0 amide bonds. The molecule has 0 N–H and O–H groups in total. The molecule has 1 aromatic heterocycles. The van der Waals surface area contributed by atoms with Crippen molar-refractivity contribution in [2.75, 3.05) is 0 Å². The normalized spacial score (nSPS) is 10.8. The van der Waals surface area contributed by atoms with Crippen LogP contribution in [-0.4, -0.2) is 5.78 Å². The van der Waals surface area contributed by atoms with E-state index in [0.717, 1.165) is 20.3 Å². The first-order chi connectivity index (χ1) is 6.59. The lowest BCUT2D eigenvalue weighted by Gasteiger charge is -1.95. The number of carbonyl (C=O) groups is 1. The Hall–Kier alpha value is -0.670. The quantitative estimate of drug-likeness (QED) is 0.710. The average Bonchev–Trinajstić information content (AvgIpc) is 2.39. The number of carbonyl (C=O) groups excluding carboxylic acids is 1. The number of hydrogen-bond donors (Lipinski definition) is 0. The Bertz CT molecular complexity index is 513. The minimum atomic E-state index is 0.149. The largest absolute Gasteiger partial charge is 0.294 e. The molecule has 0 saturated carbocycles. The van der Waals surface area contributed by atoms with Crippen molar-refractivity contribution in [3.05, 3.63) is 33.1 Å². The number of hydrogen-bond acceptors (Lipinski definition) is 2. The van der Waals surface area contributed by atoms with Gasteiger partial charge in [0, 0.05) is 25.0 Å². The van der Waals surface area contributed by atoms with E-state index in [2.05, 4.69) is 22.0 Å². The molecule has 0 aliphatic carbocycles. The molecule has 1 aromatic carbocycles. The molecule has 0 radical (unpaired) electrons. The van der Waals surface area contributed by atoms with Crippen molar-refractivity contribution < 1.29 is 4.79 Å². The third-order valence-electron chi connectivity index (χ3n) is 2.18. The highest BCUT2D eigenvalue weighted by Crippen LogP contribution is 2.32. The number of Topliss-reactive ketones (excluding diaryl/α,β-unsaturated/α-hetero) is 1. The van der Waals surface area contributed by atoms with Crippen molar-refractivity contribution in [2.45, 2.75) is 13.8 Å². The Kier molecular flexibility index (Phi) is 2.45. The zero-order valence-electron chi connectivity index (χ0n) is 7.93. The van der Waals surface area contributed by atoms with Crippen LogP contribution in [0.5, 0.6) is 0 Å². The van der Waals surface area contributed by atoms with Gasteiger partial charge in [-0.2, -0.15) is 0 Å². The van der Waals surface area contributed by atoms with Crippen LogP contribution in [0.15, 0.2) is 22.7 Å². The second kappa shape index (κ2) is 3.48. The predicted octanol–water partition coefficient (Wildman–Crippen LogP) is 4.17. The van der Waals surface area contributed by atoms with Gasteiger partial charge in [0.25, 0.3) is 0 Å². The molecule has 0 bridgehead atoms. The van der Waals surface area contributed by atoms with Crippen LogP contribution in [0.2, 0.25) is 0 Å². The maximum atomic E-state index is 11.4. The van der Waals surface area contributed by atoms with E-state index < -0.39 is 0 Å². The van der Waals surface area contributed by atoms with Crippen molar-refractivity contribution in [3.8, 4) is 0 Å². The van der Waals surface area contributed by atoms with Crippen LogP contribution in [-0.2, 0) is 0 Å². The number of ketones is 1. The van der Waals surface area contributed by atoms with Gasteiger partial charge in [-0.1, -0.05) is 22.0 Å². The van der Waals surface area contributed by atoms with Crippen molar-refractivity contribution in [1.29, 1.82) is 0 Å². The number of halogens is 1. The number of aryl methyl sites for hydroxylation is 1. The van der Waals surface area contributed by atoms with Gasteiger partial charge in [0.15, 0.2) is 5.78 Å². The molecule has 1 heterocycles. The number of benzene rings is 1. The molecule has 14 heavy (non-hydrogen) atoms. The van der Waals surface area contributed by atoms with Gasteiger partial charge < -0.3 is 0 Å². The van der Waals surface area contributed by atoms with Crippen LogP contribution >= 0.6 is 27.3 Å². The highest BCUT2D eigenvalue weighted by atomic mass is 79.9. The zero-order valence-corrected chi connectivity index (χ0v) is 10.3. The summed E-state index contributed by atoms with van der Waals surface area (Å²) >= 11 is 5.10. The molecule has 0 atom stereocenters. The lowest BCUT2D eigenvalue weighted by Crippen LogP contribution is -1.91. The van der Waals surface area contributed by atoms with Crippen LogP contribution in [0.25, 0.3) is 10.1 Å². The average molecular weight is 269 g/mol. The molecule has 2 aromatic rings. The number of fused-ring (bicyclic) bond motifs is 1. The van der Waals surface area contributed by atoms with Gasteiger partial charge in [-0.25, -0.2) is 0 Å². The van der Waals surface area contributed by atoms with Crippen molar-refractivity contribution in [1.82, 2.24) is 0 Å². The van der Waals surface area contributed by atoms with E-state index in [1.165, 1.54) is 4.70 Å². The van der Waals surface area contributed by atoms with Crippen molar-refractivity contribution in [2.24, 2.45) is 0 Å². The maximum absolute atomic E-state index is 11.4. The Balaban J connectivity index is 2.84. The summed E-state index contributed by atoms with van der Waals surface area (Å²) in [6, 6.07) is 6.03. The van der Waals surface area contributed by atoms with Crippen LogP contribution in [0, 0.1) is 6.92 Å². The van der Waals surface area contributed by atoms with Gasteiger partial charge in [-0.05, 0) is 26.0 Å². The minimum absolute atomic E-state index is 0.149. The highest BCUT2D eigenvalue weighted by Gasteiger charge is 2.12. The summed E-state index contributed by atoms with van der Waals surface area (Å²) in [5, 5.41) is 1.07. The zero-order chi connectivity index (χ0) is 10.3. The molecule has 2 rings (SSSR count). The minimum Gasteiger partial charge on any atom is -0.294 e. The fourth-order valence-corrected chi connectivity index (χ4v) is 3.29. The SMILES string of the molecule is CC(=O)c1c(C)sc2cc(Br)ccc12. The molecule has 72 valence electrons. The molecular weight excluding hydrogens is 260 g/mol. The van der Waals surface area contributed by atoms with Gasteiger partial charge in [0.2, 0.25) is 0 Å². The maximum Gasteiger partial charge on any atom is 0.161 e. The summed E-state index contributed by atoms with van der Waals surface area (Å²) in [6.45, 7) is 3.62. The Labute approximate surface area is 94.9 Å². The number of rotatable bonds is 1. The molecule has 0 spiro atoms. The second-order valence-corrected chi connectivity index (χ2v) is 5.40. The molecule has 0 fully saturated rings. The highest BCUT2D eigenvalue weighted by molar-refractivity contribution is 9.10. The second-order valence-electron chi connectivity index (χ2n) is 3.23. The van der Waals surface area contributed by atoms with Gasteiger partial charge in [-0.3, -0.25) is 4.79 Å². The summed E-state index contributed by atoms with van der Waals surface area (Å²) in [7, 11) is 0. The Morgan fingerprint density at radius 2 is 2.14 bits per heavy atom. The first kappa shape index (κ1) is 9.87. The predicted molar refractivity (Wildman–Crippen MR) is 64.3 cm³/mol. The van der Waals surface area contributed by atoms with Crippen LogP contribution in [0.3, 0.4) is 0 Å². The van der Waals surface area contributed by atoms with Gasteiger partial charge in [-0.15, -0.1) is 11.3 Å². The molecule has 0 aliphatic heterocycles. The smallest absolute Gasteiger partial charge is 0.161 e. The van der Waals surface area contributed by atoms with E-state index in [1.54, 1.807) is 18.3 Å². The van der Waals surface area contributed by atoms with E-state index in [9.17, 15) is 4.79 Å². The molecule has 3 heteroatoms. The fourth-order valence-electron chi connectivity index (χ4n) is 1.63. The Morgan fingerprint density at radius 3 is 2.79 bits per heavy atom. The third kappa shape index (κ3) is 1.51. The summed E-state index contributed by atoms with van der Waals surface area (Å²) in [6.07, 6.45) is 0. The van der Waals surface area contributed by atoms with E-state index >= 15 is 0 Å². The lowest BCUT2D eigenvalue weighted by molar-refractivity contribution is 0.101. The third-order valence-corrected chi connectivity index (χ3v) is 3.74. The summed E-state index contributed by atoms with van der Waals surface area (Å²) < 4.78 is 2.23. The van der Waals surface area contributed by atoms with Gasteiger partial charge in [0.1, 0.15) is 0 Å². The van der Waals surface area contributed by atoms with Crippen molar-refractivity contribution in [3.63, 3.8) is 0 Å². The number of thiophene rings is 1. The standard InChI is InChI=1S/C11H9BrOS/c1-6(13)11-7(2)14-10-5-8(12)3-4-9(10)11/h3-5H,1-2H3. The lowest BCUT2D eigenvalue weighted by atomic mass is 10.1. The molecular formula is C11H9BrOS. The molecule has 0 aliphatic rings. The van der Waals surface area contributed by atoms with Crippen LogP contribution in [0.4, 0.5) is 0 Å². The summed E-state index contributed by atoms with van der Waals surface area (Å²) in [4.78, 5) is 12.5. The summed E-state index contributed by atoms with van der Waals surface area (Å²) in [5.74, 6) is 0.149. The first-order valence-corrected chi connectivity index (χ1v) is 5.90. The van der Waals surface area contributed by atoms with E-state index in [4.69, 9.17) is 0 Å². The van der Waals surface area contributed by atoms with Crippen LogP contribution < -0.4 is 0 Å². The molecule has 1 nitrogen and oxygen atoms in total. The van der Waals surface area contributed by atoms with E-state index in [1.807, 2.05) is 19.1 Å². The monoisotopic (exact) mass is 268 g/mol. The topological polar surface area (TPSA) is 17.1 Å². The summed E-state index contributed by atoms with van der Waals surface area (Å²) in [5.41, 5.74) is 0.873. The van der Waals surface area contributed by atoms with Gasteiger partial charge >= 0.3 is 0 Å². The van der Waals surface area contributed by atoms with E-state index in [0.29, 0.717) is 0 Å². The molecule has 0 unspecified atom stereocenters. The van der Waals surface area contributed by atoms with Gasteiger partial charge in [0.05, 0.1) is 0 Å². The van der Waals surface area contributed by atoms with Crippen molar-refractivity contribution >= 4 is 43.1 Å². The van der Waals surface area contributed by atoms with Crippen LogP contribution in [0.1, 0.15) is 22.2 Å². The van der Waals surface area contributed by atoms with E-state index in [-0.39, 0.29) is 5.78 Å². The Morgan fingerprint density at radius 1 is 1.43 bits per heavy atom.